The summed E-state index contributed by atoms with van der Waals surface area (Å²) in [6.07, 6.45) is 3.31. The number of para-hydroxylation sites is 1. The summed E-state index contributed by atoms with van der Waals surface area (Å²) in [7, 11) is -3.63. The van der Waals surface area contributed by atoms with E-state index in [2.05, 4.69) is 6.58 Å². The summed E-state index contributed by atoms with van der Waals surface area (Å²) in [4.78, 5) is 14.7. The second kappa shape index (κ2) is 8.25. The molecule has 0 aliphatic carbocycles. The number of rotatable bonds is 6. The number of sulfonamides is 1. The van der Waals surface area contributed by atoms with Crippen LogP contribution in [0.5, 0.6) is 0 Å². The molecule has 0 spiro atoms. The molecular weight excluding hydrogens is 384 g/mol. The maximum Gasteiger partial charge on any atom is 0.260 e. The fraction of sp³-hybridized carbons (Fsp3) is 0.250. The van der Waals surface area contributed by atoms with E-state index in [1.165, 1.54) is 27.4 Å². The highest BCUT2D eigenvalue weighted by Crippen LogP contribution is 2.27. The second-order valence-electron chi connectivity index (χ2n) is 6.29. The van der Waals surface area contributed by atoms with Gasteiger partial charge in [0.15, 0.2) is 0 Å². The molecule has 0 radical (unpaired) electrons. The summed E-state index contributed by atoms with van der Waals surface area (Å²) in [6.45, 7) is 4.99. The van der Waals surface area contributed by atoms with Gasteiger partial charge < -0.3 is 4.90 Å². The number of hydrogen-bond acceptors (Lipinski definition) is 3. The minimum atomic E-state index is -3.63. The molecule has 1 aliphatic rings. The van der Waals surface area contributed by atoms with E-state index in [1.807, 2.05) is 18.2 Å². The first-order valence-corrected chi connectivity index (χ1v) is 10.5. The first kappa shape index (κ1) is 19.6. The van der Waals surface area contributed by atoms with Crippen LogP contribution in [0.25, 0.3) is 0 Å². The first-order valence-electron chi connectivity index (χ1n) is 8.72. The molecule has 7 heteroatoms. The third-order valence-electron chi connectivity index (χ3n) is 4.50. The molecule has 0 saturated carbocycles. The summed E-state index contributed by atoms with van der Waals surface area (Å²) < 4.78 is 27.1. The fourth-order valence-electron chi connectivity index (χ4n) is 3.09. The Balaban J connectivity index is 2.00. The van der Waals surface area contributed by atoms with Crippen LogP contribution in [0.15, 0.2) is 66.1 Å². The molecule has 1 heterocycles. The minimum Gasteiger partial charge on any atom is -0.305 e. The molecule has 1 aliphatic heterocycles. The Labute approximate surface area is 164 Å². The molecule has 3 rings (SSSR count). The van der Waals surface area contributed by atoms with E-state index in [9.17, 15) is 13.2 Å². The number of carbonyl (C=O) groups excluding carboxylic acids is 1. The van der Waals surface area contributed by atoms with Crippen LogP contribution >= 0.6 is 11.6 Å². The lowest BCUT2D eigenvalue weighted by molar-refractivity contribution is 0.0989. The molecule has 2 aromatic rings. The molecule has 2 aromatic carbocycles. The Morgan fingerprint density at radius 1 is 1.15 bits per heavy atom. The van der Waals surface area contributed by atoms with Gasteiger partial charge in [0.2, 0.25) is 10.0 Å². The van der Waals surface area contributed by atoms with E-state index in [4.69, 9.17) is 11.6 Å². The quantitative estimate of drug-likeness (QED) is 0.685. The maximum absolute atomic E-state index is 13.1. The van der Waals surface area contributed by atoms with Gasteiger partial charge in [-0.05, 0) is 43.2 Å². The topological polar surface area (TPSA) is 57.7 Å². The summed E-state index contributed by atoms with van der Waals surface area (Å²) in [5, 5.41) is 0.213. The number of anilines is 1. The third kappa shape index (κ3) is 4.08. The molecule has 5 nitrogen and oxygen atoms in total. The number of hydrogen-bond donors (Lipinski definition) is 0. The van der Waals surface area contributed by atoms with Gasteiger partial charge in [-0.25, -0.2) is 8.42 Å². The highest BCUT2D eigenvalue weighted by atomic mass is 35.5. The van der Waals surface area contributed by atoms with Gasteiger partial charge in [-0.3, -0.25) is 4.79 Å². The Morgan fingerprint density at radius 2 is 1.81 bits per heavy atom. The Kier molecular flexibility index (Phi) is 5.99. The molecule has 27 heavy (non-hydrogen) atoms. The van der Waals surface area contributed by atoms with E-state index >= 15 is 0 Å². The van der Waals surface area contributed by atoms with Crippen LogP contribution < -0.4 is 4.90 Å². The van der Waals surface area contributed by atoms with E-state index in [1.54, 1.807) is 18.2 Å². The molecule has 142 valence electrons. The average Bonchev–Trinajstić information content (AvgIpc) is 3.22. The van der Waals surface area contributed by atoms with Crippen molar-refractivity contribution in [2.45, 2.75) is 17.7 Å². The first-order chi connectivity index (χ1) is 12.9. The van der Waals surface area contributed by atoms with Crippen molar-refractivity contribution < 1.29 is 13.2 Å². The van der Waals surface area contributed by atoms with Gasteiger partial charge in [0, 0.05) is 25.3 Å². The Bertz CT molecular complexity index is 939. The van der Waals surface area contributed by atoms with Gasteiger partial charge in [0.25, 0.3) is 5.91 Å². The van der Waals surface area contributed by atoms with Crippen LogP contribution in [0.2, 0.25) is 5.02 Å². The minimum absolute atomic E-state index is 0.0868. The van der Waals surface area contributed by atoms with Crippen molar-refractivity contribution in [2.24, 2.45) is 0 Å². The van der Waals surface area contributed by atoms with Crippen LogP contribution in [0, 0.1) is 0 Å². The molecule has 0 unspecified atom stereocenters. The lowest BCUT2D eigenvalue weighted by atomic mass is 10.1. The monoisotopic (exact) mass is 404 g/mol. The number of amides is 1. The lowest BCUT2D eigenvalue weighted by Crippen LogP contribution is -2.32. The largest absolute Gasteiger partial charge is 0.305 e. The van der Waals surface area contributed by atoms with Crippen molar-refractivity contribution in [3.63, 3.8) is 0 Å². The van der Waals surface area contributed by atoms with E-state index in [0.717, 1.165) is 12.8 Å². The fourth-order valence-corrected chi connectivity index (χ4v) is 4.84. The standard InChI is InChI=1S/C20H21ClN2O3S/c1-2-12-23(16-8-4-3-5-9-16)20(24)18-15-17(10-11-19(18)21)27(25,26)22-13-6-7-14-22/h2-5,8-11,15H,1,6-7,12-14H2. The second-order valence-corrected chi connectivity index (χ2v) is 8.64. The van der Waals surface area contributed by atoms with Gasteiger partial charge in [0.05, 0.1) is 15.5 Å². The number of benzene rings is 2. The van der Waals surface area contributed by atoms with Crippen molar-refractivity contribution in [2.75, 3.05) is 24.5 Å². The van der Waals surface area contributed by atoms with Crippen LogP contribution in [0.1, 0.15) is 23.2 Å². The number of halogens is 1. The summed E-state index contributed by atoms with van der Waals surface area (Å²) in [6, 6.07) is 13.4. The van der Waals surface area contributed by atoms with Crippen molar-refractivity contribution in [3.8, 4) is 0 Å². The van der Waals surface area contributed by atoms with Crippen molar-refractivity contribution >= 4 is 33.2 Å². The normalized spacial score (nSPS) is 14.9. The van der Waals surface area contributed by atoms with Crippen LogP contribution in [-0.4, -0.2) is 38.3 Å². The van der Waals surface area contributed by atoms with Gasteiger partial charge in [0.1, 0.15) is 0 Å². The van der Waals surface area contributed by atoms with Gasteiger partial charge in [-0.15, -0.1) is 6.58 Å². The molecular formula is C20H21ClN2O3S. The smallest absolute Gasteiger partial charge is 0.260 e. The zero-order chi connectivity index (χ0) is 19.4. The third-order valence-corrected chi connectivity index (χ3v) is 6.72. The van der Waals surface area contributed by atoms with Crippen molar-refractivity contribution in [3.05, 3.63) is 71.8 Å². The van der Waals surface area contributed by atoms with Crippen molar-refractivity contribution in [1.29, 1.82) is 0 Å². The predicted octanol–water partition coefficient (Wildman–Crippen LogP) is 3.96. The summed E-state index contributed by atoms with van der Waals surface area (Å²) >= 11 is 6.25. The van der Waals surface area contributed by atoms with Crippen LogP contribution in [0.4, 0.5) is 5.69 Å². The number of carbonyl (C=O) groups is 1. The molecule has 1 fully saturated rings. The highest BCUT2D eigenvalue weighted by molar-refractivity contribution is 7.89. The van der Waals surface area contributed by atoms with E-state index < -0.39 is 10.0 Å². The van der Waals surface area contributed by atoms with E-state index in [0.29, 0.717) is 18.8 Å². The molecule has 0 N–H and O–H groups in total. The Morgan fingerprint density at radius 3 is 2.44 bits per heavy atom. The maximum atomic E-state index is 13.1. The van der Waals surface area contributed by atoms with Gasteiger partial charge in [-0.1, -0.05) is 35.9 Å². The average molecular weight is 405 g/mol. The SMILES string of the molecule is C=CCN(C(=O)c1cc(S(=O)(=O)N2CCCC2)ccc1Cl)c1ccccc1. The summed E-state index contributed by atoms with van der Waals surface area (Å²) in [5.41, 5.74) is 0.842. The van der Waals surface area contributed by atoms with Crippen molar-refractivity contribution in [1.82, 2.24) is 4.31 Å². The molecule has 1 saturated heterocycles. The molecule has 0 atom stereocenters. The van der Waals surface area contributed by atoms with Gasteiger partial charge >= 0.3 is 0 Å². The van der Waals surface area contributed by atoms with Crippen LogP contribution in [-0.2, 0) is 10.0 Å². The zero-order valence-corrected chi connectivity index (χ0v) is 16.4. The summed E-state index contributed by atoms with van der Waals surface area (Å²) in [5.74, 6) is -0.371. The molecule has 1 amide bonds. The highest BCUT2D eigenvalue weighted by Gasteiger charge is 2.29. The molecule has 0 aromatic heterocycles. The van der Waals surface area contributed by atoms with Crippen LogP contribution in [0.3, 0.4) is 0 Å². The van der Waals surface area contributed by atoms with Gasteiger partial charge in [-0.2, -0.15) is 4.31 Å². The lowest BCUT2D eigenvalue weighted by Gasteiger charge is -2.22. The predicted molar refractivity (Wildman–Crippen MR) is 108 cm³/mol. The zero-order valence-electron chi connectivity index (χ0n) is 14.8. The van der Waals surface area contributed by atoms with E-state index in [-0.39, 0.29) is 27.9 Å². The Hall–Kier alpha value is -2.15. The molecule has 0 bridgehead atoms. The number of nitrogens with zero attached hydrogens (tertiary/aromatic N) is 2.